The SMILES string of the molecule is NNc1nc(NCCC2CC2)c(Cl)cc1Cl. The molecule has 16 heavy (non-hydrogen) atoms. The zero-order valence-electron chi connectivity index (χ0n) is 8.76. The second-order valence-electron chi connectivity index (χ2n) is 3.95. The van der Waals surface area contributed by atoms with Crippen LogP contribution < -0.4 is 16.6 Å². The van der Waals surface area contributed by atoms with Crippen LogP contribution >= 0.6 is 23.2 Å². The molecule has 0 bridgehead atoms. The maximum Gasteiger partial charge on any atom is 0.161 e. The van der Waals surface area contributed by atoms with E-state index < -0.39 is 0 Å². The molecule has 4 N–H and O–H groups in total. The monoisotopic (exact) mass is 260 g/mol. The highest BCUT2D eigenvalue weighted by atomic mass is 35.5. The van der Waals surface area contributed by atoms with Crippen molar-refractivity contribution >= 4 is 34.8 Å². The maximum absolute atomic E-state index is 6.01. The van der Waals surface area contributed by atoms with E-state index in [-0.39, 0.29) is 0 Å². The first-order valence-corrected chi connectivity index (χ1v) is 6.03. The molecular weight excluding hydrogens is 247 g/mol. The van der Waals surface area contributed by atoms with E-state index in [4.69, 9.17) is 29.0 Å². The summed E-state index contributed by atoms with van der Waals surface area (Å²) in [5.74, 6) is 7.22. The van der Waals surface area contributed by atoms with Crippen molar-refractivity contribution < 1.29 is 0 Å². The van der Waals surface area contributed by atoms with Crippen molar-refractivity contribution in [1.29, 1.82) is 0 Å². The lowest BCUT2D eigenvalue weighted by Gasteiger charge is -2.10. The highest BCUT2D eigenvalue weighted by Crippen LogP contribution is 2.33. The smallest absolute Gasteiger partial charge is 0.161 e. The Morgan fingerprint density at radius 1 is 1.31 bits per heavy atom. The number of aromatic nitrogens is 1. The van der Waals surface area contributed by atoms with Gasteiger partial charge in [0.05, 0.1) is 10.0 Å². The van der Waals surface area contributed by atoms with Crippen LogP contribution in [0, 0.1) is 5.92 Å². The summed E-state index contributed by atoms with van der Waals surface area (Å²) in [7, 11) is 0. The summed E-state index contributed by atoms with van der Waals surface area (Å²) in [6.45, 7) is 0.878. The van der Waals surface area contributed by atoms with Crippen LogP contribution in [0.1, 0.15) is 19.3 Å². The Bertz CT molecular complexity index is 379. The lowest BCUT2D eigenvalue weighted by Crippen LogP contribution is -2.11. The van der Waals surface area contributed by atoms with Crippen LogP contribution in [0.2, 0.25) is 10.0 Å². The van der Waals surface area contributed by atoms with Crippen LogP contribution in [-0.4, -0.2) is 11.5 Å². The van der Waals surface area contributed by atoms with Crippen LogP contribution in [0.5, 0.6) is 0 Å². The standard InChI is InChI=1S/C10H14Cl2N4/c11-7-5-8(12)10(16-13)15-9(7)14-4-3-6-1-2-6/h5-6H,1-4,13H2,(H2,14,15,16). The van der Waals surface area contributed by atoms with Crippen molar-refractivity contribution in [2.45, 2.75) is 19.3 Å². The molecule has 0 aromatic carbocycles. The largest absolute Gasteiger partial charge is 0.369 e. The molecule has 0 amide bonds. The summed E-state index contributed by atoms with van der Waals surface area (Å²) in [6, 6.07) is 1.63. The van der Waals surface area contributed by atoms with E-state index in [1.807, 2.05) is 0 Å². The highest BCUT2D eigenvalue weighted by Gasteiger charge is 2.20. The predicted octanol–water partition coefficient (Wildman–Crippen LogP) is 2.89. The summed E-state index contributed by atoms with van der Waals surface area (Å²) in [5.41, 5.74) is 2.43. The van der Waals surface area contributed by atoms with Crippen molar-refractivity contribution in [3.63, 3.8) is 0 Å². The van der Waals surface area contributed by atoms with Gasteiger partial charge in [0.1, 0.15) is 5.82 Å². The molecule has 1 saturated carbocycles. The molecular formula is C10H14Cl2N4. The Labute approximate surface area is 104 Å². The number of nitrogen functional groups attached to an aromatic ring is 1. The molecule has 0 saturated heterocycles. The third-order valence-electron chi connectivity index (χ3n) is 2.61. The number of hydrogen-bond donors (Lipinski definition) is 3. The number of pyridine rings is 1. The van der Waals surface area contributed by atoms with Gasteiger partial charge in [-0.25, -0.2) is 10.8 Å². The second kappa shape index (κ2) is 5.08. The van der Waals surface area contributed by atoms with E-state index in [0.717, 1.165) is 18.9 Å². The zero-order chi connectivity index (χ0) is 11.5. The van der Waals surface area contributed by atoms with E-state index in [9.17, 15) is 0 Å². The van der Waals surface area contributed by atoms with Crippen molar-refractivity contribution in [3.05, 3.63) is 16.1 Å². The number of hydrazine groups is 1. The van der Waals surface area contributed by atoms with Crippen LogP contribution in [-0.2, 0) is 0 Å². The number of hydrogen-bond acceptors (Lipinski definition) is 4. The van der Waals surface area contributed by atoms with E-state index in [2.05, 4.69) is 15.7 Å². The Morgan fingerprint density at radius 2 is 2.00 bits per heavy atom. The third-order valence-corrected chi connectivity index (χ3v) is 3.18. The minimum absolute atomic E-state index is 0.417. The van der Waals surface area contributed by atoms with E-state index in [1.54, 1.807) is 6.07 Å². The molecule has 1 heterocycles. The molecule has 0 unspecified atom stereocenters. The second-order valence-corrected chi connectivity index (χ2v) is 4.77. The minimum atomic E-state index is 0.417. The van der Waals surface area contributed by atoms with Gasteiger partial charge in [-0.15, -0.1) is 0 Å². The predicted molar refractivity (Wildman–Crippen MR) is 67.9 cm³/mol. The molecule has 88 valence electrons. The fourth-order valence-electron chi connectivity index (χ4n) is 1.49. The quantitative estimate of drug-likeness (QED) is 0.563. The Balaban J connectivity index is 2.00. The third kappa shape index (κ3) is 2.90. The van der Waals surface area contributed by atoms with Crippen molar-refractivity contribution in [1.82, 2.24) is 4.98 Å². The van der Waals surface area contributed by atoms with E-state index in [0.29, 0.717) is 21.7 Å². The number of nitrogens with zero attached hydrogens (tertiary/aromatic N) is 1. The summed E-state index contributed by atoms with van der Waals surface area (Å²) in [4.78, 5) is 4.20. The molecule has 1 aliphatic rings. The zero-order valence-corrected chi connectivity index (χ0v) is 10.3. The van der Waals surface area contributed by atoms with Crippen molar-refractivity contribution in [3.8, 4) is 0 Å². The first-order chi connectivity index (χ1) is 7.70. The molecule has 1 aromatic heterocycles. The molecule has 1 aromatic rings. The van der Waals surface area contributed by atoms with Gasteiger partial charge in [-0.1, -0.05) is 36.0 Å². The van der Waals surface area contributed by atoms with Crippen LogP contribution in [0.3, 0.4) is 0 Å². The fraction of sp³-hybridized carbons (Fsp3) is 0.500. The lowest BCUT2D eigenvalue weighted by atomic mass is 10.3. The van der Waals surface area contributed by atoms with Crippen LogP contribution in [0.4, 0.5) is 11.6 Å². The van der Waals surface area contributed by atoms with Gasteiger partial charge in [-0.2, -0.15) is 0 Å². The Morgan fingerprint density at radius 3 is 2.62 bits per heavy atom. The molecule has 0 atom stereocenters. The Kier molecular flexibility index (Phi) is 3.74. The van der Waals surface area contributed by atoms with Gasteiger partial charge in [0.25, 0.3) is 0 Å². The molecule has 4 nitrogen and oxygen atoms in total. The fourth-order valence-corrected chi connectivity index (χ4v) is 1.97. The normalized spacial score (nSPS) is 14.9. The Hall–Kier alpha value is -0.710. The minimum Gasteiger partial charge on any atom is -0.369 e. The first-order valence-electron chi connectivity index (χ1n) is 5.27. The van der Waals surface area contributed by atoms with Crippen molar-refractivity contribution in [2.75, 3.05) is 17.3 Å². The number of rotatable bonds is 5. The van der Waals surface area contributed by atoms with Gasteiger partial charge in [0, 0.05) is 6.54 Å². The lowest BCUT2D eigenvalue weighted by molar-refractivity contribution is 0.758. The topological polar surface area (TPSA) is 63.0 Å². The molecule has 2 rings (SSSR count). The number of nitrogens with one attached hydrogen (secondary N) is 2. The highest BCUT2D eigenvalue weighted by molar-refractivity contribution is 6.37. The average molecular weight is 261 g/mol. The number of anilines is 2. The van der Waals surface area contributed by atoms with Gasteiger partial charge >= 0.3 is 0 Å². The maximum atomic E-state index is 6.01. The molecule has 6 heteroatoms. The van der Waals surface area contributed by atoms with Gasteiger partial charge < -0.3 is 10.7 Å². The van der Waals surface area contributed by atoms with Gasteiger partial charge in [-0.05, 0) is 18.4 Å². The van der Waals surface area contributed by atoms with Crippen LogP contribution in [0.15, 0.2) is 6.07 Å². The van der Waals surface area contributed by atoms with Gasteiger partial charge in [0.2, 0.25) is 0 Å². The molecule has 0 radical (unpaired) electrons. The van der Waals surface area contributed by atoms with Gasteiger partial charge in [-0.3, -0.25) is 0 Å². The number of halogens is 2. The molecule has 1 fully saturated rings. The van der Waals surface area contributed by atoms with Gasteiger partial charge in [0.15, 0.2) is 5.82 Å². The summed E-state index contributed by atoms with van der Waals surface area (Å²) >= 11 is 11.9. The summed E-state index contributed by atoms with van der Waals surface area (Å²) < 4.78 is 0. The first kappa shape index (κ1) is 11.8. The van der Waals surface area contributed by atoms with Crippen molar-refractivity contribution in [2.24, 2.45) is 11.8 Å². The molecule has 1 aliphatic carbocycles. The van der Waals surface area contributed by atoms with E-state index >= 15 is 0 Å². The van der Waals surface area contributed by atoms with Crippen LogP contribution in [0.25, 0.3) is 0 Å². The average Bonchev–Trinajstić information content (AvgIpc) is 3.05. The molecule has 0 spiro atoms. The van der Waals surface area contributed by atoms with E-state index in [1.165, 1.54) is 12.8 Å². The summed E-state index contributed by atoms with van der Waals surface area (Å²) in [5, 5.41) is 4.12. The molecule has 0 aliphatic heterocycles. The number of nitrogens with two attached hydrogens (primary N) is 1. The summed E-state index contributed by atoms with van der Waals surface area (Å²) in [6.07, 6.45) is 3.85.